The molecule has 0 fully saturated rings. The molecular weight excluding hydrogens is 344 g/mol. The number of carbonyl (C=O) groups excluding carboxylic acids is 2. The molecule has 2 N–H and O–H groups in total. The van der Waals surface area contributed by atoms with Crippen LogP contribution in [0.1, 0.15) is 36.7 Å². The molecule has 0 saturated carbocycles. The summed E-state index contributed by atoms with van der Waals surface area (Å²) in [6.45, 7) is 7.14. The van der Waals surface area contributed by atoms with Gasteiger partial charge in [-0.05, 0) is 41.3 Å². The van der Waals surface area contributed by atoms with Crippen LogP contribution in [0.3, 0.4) is 0 Å². The summed E-state index contributed by atoms with van der Waals surface area (Å²) in [6.07, 6.45) is 0. The fourth-order valence-corrected chi connectivity index (χ4v) is 2.40. The van der Waals surface area contributed by atoms with Crippen LogP contribution in [0.4, 0.5) is 10.5 Å². The van der Waals surface area contributed by atoms with Gasteiger partial charge in [0.05, 0.1) is 19.2 Å². The van der Waals surface area contributed by atoms with Gasteiger partial charge in [-0.2, -0.15) is 0 Å². The largest absolute Gasteiger partial charge is 0.492 e. The molecule has 6 heteroatoms. The van der Waals surface area contributed by atoms with E-state index < -0.39 is 5.97 Å². The van der Waals surface area contributed by atoms with Gasteiger partial charge in [0.2, 0.25) is 0 Å². The van der Waals surface area contributed by atoms with Crippen LogP contribution in [0.15, 0.2) is 48.5 Å². The van der Waals surface area contributed by atoms with Gasteiger partial charge in [0.25, 0.3) is 0 Å². The number of amides is 2. The van der Waals surface area contributed by atoms with Crippen LogP contribution >= 0.6 is 0 Å². The number of urea groups is 1. The highest BCUT2D eigenvalue weighted by Crippen LogP contribution is 2.25. The van der Waals surface area contributed by atoms with E-state index in [-0.39, 0.29) is 11.4 Å². The molecule has 0 aromatic heterocycles. The number of ether oxygens (including phenoxy) is 2. The predicted octanol–water partition coefficient (Wildman–Crippen LogP) is 3.97. The number of hydrogen-bond donors (Lipinski definition) is 2. The third kappa shape index (κ3) is 6.33. The van der Waals surface area contributed by atoms with Gasteiger partial charge in [0, 0.05) is 5.69 Å². The van der Waals surface area contributed by atoms with Crippen LogP contribution < -0.4 is 15.4 Å². The van der Waals surface area contributed by atoms with Crippen molar-refractivity contribution in [1.29, 1.82) is 0 Å². The quantitative estimate of drug-likeness (QED) is 0.596. The molecular formula is C21H26N2O4. The summed E-state index contributed by atoms with van der Waals surface area (Å²) in [6, 6.07) is 14.1. The molecule has 0 aliphatic rings. The average Bonchev–Trinajstić information content (AvgIpc) is 2.64. The molecule has 0 heterocycles. The maximum absolute atomic E-state index is 12.0. The van der Waals surface area contributed by atoms with Gasteiger partial charge in [-0.1, -0.05) is 39.0 Å². The average molecular weight is 370 g/mol. The van der Waals surface area contributed by atoms with Crippen LogP contribution in [0.25, 0.3) is 0 Å². The summed E-state index contributed by atoms with van der Waals surface area (Å²) in [5, 5.41) is 5.39. The van der Waals surface area contributed by atoms with E-state index in [1.54, 1.807) is 24.3 Å². The molecule has 2 rings (SSSR count). The Kier molecular flexibility index (Phi) is 6.82. The molecule has 144 valence electrons. The van der Waals surface area contributed by atoms with Crippen molar-refractivity contribution in [3.63, 3.8) is 0 Å². The van der Waals surface area contributed by atoms with Crippen molar-refractivity contribution in [2.24, 2.45) is 0 Å². The summed E-state index contributed by atoms with van der Waals surface area (Å²) in [5.74, 6) is 0.320. The van der Waals surface area contributed by atoms with Gasteiger partial charge in [-0.15, -0.1) is 0 Å². The molecule has 2 aromatic rings. The predicted molar refractivity (Wildman–Crippen MR) is 105 cm³/mol. The first-order valence-electron chi connectivity index (χ1n) is 8.76. The Hall–Kier alpha value is -3.02. The number of benzene rings is 2. The summed E-state index contributed by atoms with van der Waals surface area (Å²) in [5.41, 5.74) is 2.12. The van der Waals surface area contributed by atoms with Crippen molar-refractivity contribution in [1.82, 2.24) is 5.32 Å². The number of carbonyl (C=O) groups is 2. The van der Waals surface area contributed by atoms with Gasteiger partial charge in [-0.25, -0.2) is 9.59 Å². The normalized spacial score (nSPS) is 10.8. The zero-order valence-electron chi connectivity index (χ0n) is 16.2. The molecule has 0 aliphatic heterocycles. The number of methoxy groups -OCH3 is 1. The molecule has 0 radical (unpaired) electrons. The van der Waals surface area contributed by atoms with Crippen molar-refractivity contribution in [2.45, 2.75) is 26.2 Å². The monoisotopic (exact) mass is 370 g/mol. The Bertz CT molecular complexity index is 797. The highest BCUT2D eigenvalue weighted by molar-refractivity contribution is 5.93. The summed E-state index contributed by atoms with van der Waals surface area (Å²) in [4.78, 5) is 23.5. The fourth-order valence-electron chi connectivity index (χ4n) is 2.40. The maximum Gasteiger partial charge on any atom is 0.337 e. The number of esters is 1. The van der Waals surface area contributed by atoms with Gasteiger partial charge >= 0.3 is 12.0 Å². The van der Waals surface area contributed by atoms with Crippen LogP contribution in [-0.2, 0) is 10.2 Å². The highest BCUT2D eigenvalue weighted by Gasteiger charge is 2.14. The standard InChI is InChI=1S/C21H26N2O4/c1-21(2,3)16-8-6-10-18(14-16)27-12-11-22-20(25)23-17-9-5-7-15(13-17)19(24)26-4/h5-10,13-14H,11-12H2,1-4H3,(H2,22,23,25). The molecule has 0 spiro atoms. The van der Waals surface area contributed by atoms with E-state index in [1.165, 1.54) is 12.7 Å². The van der Waals surface area contributed by atoms with Crippen molar-refractivity contribution in [3.05, 3.63) is 59.7 Å². The summed E-state index contributed by atoms with van der Waals surface area (Å²) < 4.78 is 10.4. The third-order valence-electron chi connectivity index (χ3n) is 3.90. The molecule has 6 nitrogen and oxygen atoms in total. The Balaban J connectivity index is 1.79. The molecule has 0 aliphatic carbocycles. The van der Waals surface area contributed by atoms with Crippen LogP contribution in [0, 0.1) is 0 Å². The third-order valence-corrected chi connectivity index (χ3v) is 3.90. The van der Waals surface area contributed by atoms with E-state index in [0.717, 1.165) is 5.75 Å². The first-order chi connectivity index (χ1) is 12.8. The second-order valence-corrected chi connectivity index (χ2v) is 7.08. The lowest BCUT2D eigenvalue weighted by Crippen LogP contribution is -2.32. The van der Waals surface area contributed by atoms with E-state index in [9.17, 15) is 9.59 Å². The maximum atomic E-state index is 12.0. The summed E-state index contributed by atoms with van der Waals surface area (Å²) >= 11 is 0. The zero-order chi connectivity index (χ0) is 19.9. The fraction of sp³-hybridized carbons (Fsp3) is 0.333. The van der Waals surface area contributed by atoms with Crippen molar-refractivity contribution in [3.8, 4) is 5.75 Å². The number of nitrogens with one attached hydrogen (secondary N) is 2. The van der Waals surface area contributed by atoms with Crippen molar-refractivity contribution in [2.75, 3.05) is 25.6 Å². The molecule has 0 atom stereocenters. The Morgan fingerprint density at radius 3 is 2.48 bits per heavy atom. The number of hydrogen-bond acceptors (Lipinski definition) is 4. The van der Waals surface area contributed by atoms with E-state index in [4.69, 9.17) is 4.74 Å². The smallest absolute Gasteiger partial charge is 0.337 e. The van der Waals surface area contributed by atoms with Gasteiger partial charge in [0.1, 0.15) is 12.4 Å². The Morgan fingerprint density at radius 1 is 1.04 bits per heavy atom. The second kappa shape index (κ2) is 9.07. The second-order valence-electron chi connectivity index (χ2n) is 7.08. The molecule has 2 amide bonds. The number of anilines is 1. The van der Waals surface area contributed by atoms with E-state index in [2.05, 4.69) is 42.2 Å². The lowest BCUT2D eigenvalue weighted by molar-refractivity contribution is 0.0600. The van der Waals surface area contributed by atoms with E-state index in [0.29, 0.717) is 24.4 Å². The van der Waals surface area contributed by atoms with Gasteiger partial charge in [0.15, 0.2) is 0 Å². The molecule has 0 bridgehead atoms. The van der Waals surface area contributed by atoms with Crippen molar-refractivity contribution >= 4 is 17.7 Å². The molecule has 2 aromatic carbocycles. The minimum absolute atomic E-state index is 0.0518. The lowest BCUT2D eigenvalue weighted by Gasteiger charge is -2.19. The van der Waals surface area contributed by atoms with Crippen LogP contribution in [0.2, 0.25) is 0 Å². The highest BCUT2D eigenvalue weighted by atomic mass is 16.5. The minimum Gasteiger partial charge on any atom is -0.492 e. The minimum atomic E-state index is -0.454. The zero-order valence-corrected chi connectivity index (χ0v) is 16.2. The van der Waals surface area contributed by atoms with Crippen LogP contribution in [0.5, 0.6) is 5.75 Å². The van der Waals surface area contributed by atoms with Gasteiger partial charge in [-0.3, -0.25) is 0 Å². The molecule has 0 saturated heterocycles. The lowest BCUT2D eigenvalue weighted by atomic mass is 9.87. The van der Waals surface area contributed by atoms with E-state index in [1.807, 2.05) is 18.2 Å². The first-order valence-corrected chi connectivity index (χ1v) is 8.76. The SMILES string of the molecule is COC(=O)c1cccc(NC(=O)NCCOc2cccc(C(C)(C)C)c2)c1. The molecule has 27 heavy (non-hydrogen) atoms. The Morgan fingerprint density at radius 2 is 1.78 bits per heavy atom. The van der Waals surface area contributed by atoms with Crippen molar-refractivity contribution < 1.29 is 19.1 Å². The first kappa shape index (κ1) is 20.3. The molecule has 0 unspecified atom stereocenters. The van der Waals surface area contributed by atoms with Crippen LogP contribution in [-0.4, -0.2) is 32.3 Å². The topological polar surface area (TPSA) is 76.7 Å². The Labute approximate surface area is 159 Å². The van der Waals surface area contributed by atoms with E-state index >= 15 is 0 Å². The number of rotatable bonds is 6. The summed E-state index contributed by atoms with van der Waals surface area (Å²) in [7, 11) is 1.31. The van der Waals surface area contributed by atoms with Gasteiger partial charge < -0.3 is 20.1 Å².